The van der Waals surface area contributed by atoms with E-state index in [1.807, 2.05) is 0 Å². The van der Waals surface area contributed by atoms with Gasteiger partial charge in [0.2, 0.25) is 0 Å². The van der Waals surface area contributed by atoms with E-state index < -0.39 is 47.7 Å². The number of alkyl halides is 5. The Morgan fingerprint density at radius 1 is 1.32 bits per heavy atom. The van der Waals surface area contributed by atoms with Crippen LogP contribution in [0.2, 0.25) is 5.02 Å². The van der Waals surface area contributed by atoms with E-state index in [0.717, 1.165) is 32.0 Å². The number of anilines is 1. The topological polar surface area (TPSA) is 135 Å². The Hall–Kier alpha value is -2.85. The van der Waals surface area contributed by atoms with Crippen LogP contribution in [0.15, 0.2) is 12.3 Å². The van der Waals surface area contributed by atoms with Crippen molar-refractivity contribution in [1.29, 1.82) is 0 Å². The van der Waals surface area contributed by atoms with E-state index >= 15 is 0 Å². The second-order valence-corrected chi connectivity index (χ2v) is 9.85. The van der Waals surface area contributed by atoms with E-state index in [4.69, 9.17) is 20.0 Å². The molecule has 0 spiro atoms. The number of aromatic nitrogens is 3. The maximum Gasteiger partial charge on any atom is 0.408 e. The normalized spacial score (nSPS) is 19.8. The minimum atomic E-state index is -4.60. The van der Waals surface area contributed by atoms with Gasteiger partial charge in [-0.3, -0.25) is 9.48 Å². The highest BCUT2D eigenvalue weighted by atomic mass is 35.5. The fourth-order valence-electron chi connectivity index (χ4n) is 4.07. The molecule has 0 unspecified atom stereocenters. The van der Waals surface area contributed by atoms with Gasteiger partial charge in [0.15, 0.2) is 5.69 Å². The number of carbonyl (C=O) groups excluding carboxylic acids is 1. The van der Waals surface area contributed by atoms with Gasteiger partial charge in [0.05, 0.1) is 21.9 Å². The fraction of sp³-hybridized carbons (Fsp3) is 0.609. The molecule has 2 aromatic rings. The number of ether oxygens (including phenoxy) is 1. The first-order valence-corrected chi connectivity index (χ1v) is 13.2. The van der Waals surface area contributed by atoms with Crippen LogP contribution in [0.3, 0.4) is 0 Å². The third-order valence-electron chi connectivity index (χ3n) is 6.38. The molecule has 1 fully saturated rings. The van der Waals surface area contributed by atoms with Crippen molar-refractivity contribution >= 4 is 34.9 Å². The van der Waals surface area contributed by atoms with Crippen molar-refractivity contribution in [3.8, 4) is 17.0 Å². The Balaban J connectivity index is 0.00000178. The maximum absolute atomic E-state index is 13.2. The van der Waals surface area contributed by atoms with Gasteiger partial charge in [0.1, 0.15) is 17.6 Å². The minimum absolute atomic E-state index is 0.0117. The average Bonchev–Trinajstić information content (AvgIpc) is 3.20. The van der Waals surface area contributed by atoms with Crippen molar-refractivity contribution in [2.45, 2.75) is 77.4 Å². The van der Waals surface area contributed by atoms with Crippen LogP contribution in [0.4, 0.5) is 27.8 Å². The molecule has 10 nitrogen and oxygen atoms in total. The number of hydrogen-bond acceptors (Lipinski definition) is 8. The van der Waals surface area contributed by atoms with Gasteiger partial charge in [-0.05, 0) is 45.4 Å². The lowest BCUT2D eigenvalue weighted by Gasteiger charge is -2.34. The van der Waals surface area contributed by atoms with E-state index in [1.54, 1.807) is 6.92 Å². The lowest BCUT2D eigenvalue weighted by atomic mass is 9.79. The number of rotatable bonds is 9. The molecule has 1 aliphatic carbocycles. The molecular weight excluding hydrogens is 589 g/mol. The number of aliphatic hydroxyl groups is 1. The molecular formula is C23H29ClF5N5O5S. The van der Waals surface area contributed by atoms with Crippen molar-refractivity contribution in [2.24, 2.45) is 5.92 Å². The number of hydrogen-bond donors (Lipinski definition) is 3. The predicted molar refractivity (Wildman–Crippen MR) is 136 cm³/mol. The number of aryl methyl sites for hydroxylation is 1. The van der Waals surface area contributed by atoms with Crippen LogP contribution in [0, 0.1) is 5.92 Å². The van der Waals surface area contributed by atoms with E-state index in [0.29, 0.717) is 18.8 Å². The lowest BCUT2D eigenvalue weighted by Crippen LogP contribution is -2.45. The Kier molecular flexibility index (Phi) is 11.8. The quantitative estimate of drug-likeness (QED) is 0.348. The molecule has 2 aromatic heterocycles. The summed E-state index contributed by atoms with van der Waals surface area (Å²) < 4.78 is 87.5. The molecule has 3 N–H and O–H groups in total. The molecule has 1 amide bonds. The second kappa shape index (κ2) is 14.2. The van der Waals surface area contributed by atoms with Crippen LogP contribution < -0.4 is 15.4 Å². The van der Waals surface area contributed by atoms with E-state index in [2.05, 4.69) is 32.4 Å². The van der Waals surface area contributed by atoms with Gasteiger partial charge >= 0.3 is 24.4 Å². The van der Waals surface area contributed by atoms with Crippen molar-refractivity contribution in [3.63, 3.8) is 0 Å². The first kappa shape index (κ1) is 33.4. The standard InChI is InChI=1S/C23H29ClF5N5O3.O2S/c1-4-34-19(14-10-30-16(9-15(14)37-21(25)26)32-13(3)23(27,28)29)17(24)18(33-34)20(35)31-11-22(36)7-5-12(2)6-8-22;1-3-2/h9-10,12-13,21,36H,4-8,11H2,1-3H3,(H,30,32)(H,31,35);/t12?,13-,22?;/m1./s1. The molecule has 1 aliphatic rings. The van der Waals surface area contributed by atoms with Gasteiger partial charge in [-0.15, -0.1) is 0 Å². The molecule has 0 bridgehead atoms. The van der Waals surface area contributed by atoms with Gasteiger partial charge in [-0.1, -0.05) is 18.5 Å². The third kappa shape index (κ3) is 8.83. The highest BCUT2D eigenvalue weighted by Gasteiger charge is 2.37. The van der Waals surface area contributed by atoms with E-state index in [-0.39, 0.29) is 40.9 Å². The first-order valence-electron chi connectivity index (χ1n) is 12.1. The molecule has 2 heterocycles. The molecule has 40 heavy (non-hydrogen) atoms. The molecule has 17 heteroatoms. The zero-order valence-corrected chi connectivity index (χ0v) is 23.3. The molecule has 0 saturated heterocycles. The molecule has 1 saturated carbocycles. The lowest BCUT2D eigenvalue weighted by molar-refractivity contribution is -0.138. The molecule has 0 aromatic carbocycles. The summed E-state index contributed by atoms with van der Waals surface area (Å²) in [5.41, 5.74) is -1.33. The molecule has 0 aliphatic heterocycles. The van der Waals surface area contributed by atoms with Crippen LogP contribution in [0.25, 0.3) is 11.3 Å². The van der Waals surface area contributed by atoms with Gasteiger partial charge in [0, 0.05) is 25.4 Å². The van der Waals surface area contributed by atoms with Crippen molar-refractivity contribution in [2.75, 3.05) is 11.9 Å². The van der Waals surface area contributed by atoms with Gasteiger partial charge in [-0.25, -0.2) is 4.98 Å². The largest absolute Gasteiger partial charge is 0.434 e. The molecule has 3 rings (SSSR count). The summed E-state index contributed by atoms with van der Waals surface area (Å²) in [4.78, 5) is 16.8. The zero-order chi connectivity index (χ0) is 30.3. The second-order valence-electron chi connectivity index (χ2n) is 9.34. The summed E-state index contributed by atoms with van der Waals surface area (Å²) >= 11 is 5.71. The number of nitrogens with zero attached hydrogens (tertiary/aromatic N) is 3. The average molecular weight is 618 g/mol. The van der Waals surface area contributed by atoms with Crippen LogP contribution in [0.1, 0.15) is 56.9 Å². The summed E-state index contributed by atoms with van der Waals surface area (Å²) in [5.74, 6) is -1.04. The molecule has 224 valence electrons. The first-order chi connectivity index (χ1) is 18.7. The van der Waals surface area contributed by atoms with Crippen LogP contribution in [-0.2, 0) is 18.1 Å². The van der Waals surface area contributed by atoms with Crippen molar-refractivity contribution in [3.05, 3.63) is 23.0 Å². The van der Waals surface area contributed by atoms with E-state index in [9.17, 15) is 31.9 Å². The smallest absolute Gasteiger partial charge is 0.408 e. The number of carbonyl (C=O) groups is 1. The third-order valence-corrected chi connectivity index (χ3v) is 6.74. The summed E-state index contributed by atoms with van der Waals surface area (Å²) in [5, 5.41) is 19.5. The predicted octanol–water partition coefficient (Wildman–Crippen LogP) is 4.58. The Morgan fingerprint density at radius 2 is 1.93 bits per heavy atom. The van der Waals surface area contributed by atoms with Crippen LogP contribution in [-0.4, -0.2) is 65.2 Å². The monoisotopic (exact) mass is 617 g/mol. The van der Waals surface area contributed by atoms with Crippen LogP contribution in [0.5, 0.6) is 5.75 Å². The summed E-state index contributed by atoms with van der Waals surface area (Å²) in [6.45, 7) is 1.47. The van der Waals surface area contributed by atoms with Gasteiger partial charge in [-0.2, -0.15) is 35.5 Å². The zero-order valence-electron chi connectivity index (χ0n) is 21.7. The SMILES string of the molecule is CCn1nc(C(=O)NCC2(O)CCC(C)CC2)c(Cl)c1-c1cnc(N[C@H](C)C(F)(F)F)cc1OC(F)F.O=S=O. The Bertz CT molecular complexity index is 1200. The fourth-order valence-corrected chi connectivity index (χ4v) is 4.39. The number of halogens is 6. The number of amides is 1. The minimum Gasteiger partial charge on any atom is -0.434 e. The Labute approximate surface area is 235 Å². The number of nitrogens with one attached hydrogen (secondary N) is 2. The van der Waals surface area contributed by atoms with E-state index in [1.165, 1.54) is 4.68 Å². The summed E-state index contributed by atoms with van der Waals surface area (Å²) in [6.07, 6.45) is -0.859. The summed E-state index contributed by atoms with van der Waals surface area (Å²) in [6, 6.07) is -1.11. The van der Waals surface area contributed by atoms with Crippen molar-refractivity contribution in [1.82, 2.24) is 20.1 Å². The maximum atomic E-state index is 13.2. The van der Waals surface area contributed by atoms with Crippen molar-refractivity contribution < 1.29 is 45.0 Å². The van der Waals surface area contributed by atoms with Crippen LogP contribution >= 0.6 is 11.6 Å². The van der Waals surface area contributed by atoms with Gasteiger partial charge < -0.3 is 20.5 Å². The highest BCUT2D eigenvalue weighted by molar-refractivity contribution is 7.51. The Morgan fingerprint density at radius 3 is 2.45 bits per heavy atom. The highest BCUT2D eigenvalue weighted by Crippen LogP contribution is 2.39. The molecule has 1 atom stereocenters. The summed E-state index contributed by atoms with van der Waals surface area (Å²) in [7, 11) is 0. The molecule has 0 radical (unpaired) electrons. The number of pyridine rings is 1. The van der Waals surface area contributed by atoms with Gasteiger partial charge in [0.25, 0.3) is 5.91 Å².